The molecule has 0 unspecified atom stereocenters. The molecule has 3 aromatic rings. The molecule has 1 heterocycles. The van der Waals surface area contributed by atoms with Crippen LogP contribution in [-0.2, 0) is 16.6 Å². The molecule has 0 saturated heterocycles. The average Bonchev–Trinajstić information content (AvgIpc) is 2.76. The number of carbonyl (C=O) groups is 1. The van der Waals surface area contributed by atoms with Crippen LogP contribution in [0.15, 0.2) is 60.8 Å². The zero-order valence-corrected chi connectivity index (χ0v) is 18.2. The van der Waals surface area contributed by atoms with Crippen molar-refractivity contribution in [2.75, 3.05) is 29.9 Å². The van der Waals surface area contributed by atoms with Crippen molar-refractivity contribution in [3.8, 4) is 16.9 Å². The monoisotopic (exact) mass is 456 g/mol. The lowest BCUT2D eigenvalue weighted by atomic mass is 10.1. The first-order chi connectivity index (χ1) is 15.3. The summed E-state index contributed by atoms with van der Waals surface area (Å²) < 4.78 is 31.0. The number of sulfonamides is 1. The number of rotatable bonds is 9. The molecular weight excluding hydrogens is 432 g/mol. The van der Waals surface area contributed by atoms with E-state index in [0.717, 1.165) is 17.4 Å². The number of nitrogens with one attached hydrogen (secondary N) is 2. The van der Waals surface area contributed by atoms with Crippen molar-refractivity contribution in [3.63, 3.8) is 0 Å². The Morgan fingerprint density at radius 1 is 1.12 bits per heavy atom. The molecule has 1 aromatic heterocycles. The number of benzene rings is 2. The molecule has 1 amide bonds. The third-order valence-electron chi connectivity index (χ3n) is 4.45. The molecule has 9 nitrogen and oxygen atoms in total. The number of hydrogen-bond acceptors (Lipinski definition) is 7. The van der Waals surface area contributed by atoms with Crippen molar-refractivity contribution in [1.29, 1.82) is 0 Å². The minimum atomic E-state index is -3.36. The highest BCUT2D eigenvalue weighted by Gasteiger charge is 2.13. The van der Waals surface area contributed by atoms with Crippen LogP contribution in [0.4, 0.5) is 11.5 Å². The molecule has 32 heavy (non-hydrogen) atoms. The number of aromatic nitrogens is 1. The van der Waals surface area contributed by atoms with Gasteiger partial charge in [0, 0.05) is 35.1 Å². The molecule has 0 aliphatic rings. The number of carbonyl (C=O) groups excluding carboxylic acids is 1. The van der Waals surface area contributed by atoms with Crippen molar-refractivity contribution < 1.29 is 23.1 Å². The van der Waals surface area contributed by atoms with Crippen LogP contribution in [0.5, 0.6) is 5.75 Å². The lowest BCUT2D eigenvalue weighted by Crippen LogP contribution is -2.27. The highest BCUT2D eigenvalue weighted by atomic mass is 32.2. The number of aliphatic hydroxyl groups excluding tert-OH is 1. The topological polar surface area (TPSA) is 144 Å². The summed E-state index contributed by atoms with van der Waals surface area (Å²) >= 11 is 0. The van der Waals surface area contributed by atoms with Gasteiger partial charge in [0.05, 0.1) is 12.9 Å². The Balaban J connectivity index is 1.77. The van der Waals surface area contributed by atoms with E-state index in [1.54, 1.807) is 60.8 Å². The maximum atomic E-state index is 12.3. The number of nitrogens with zero attached hydrogens (tertiary/aromatic N) is 1. The zero-order valence-electron chi connectivity index (χ0n) is 17.4. The molecule has 0 atom stereocenters. The smallest absolute Gasteiger partial charge is 0.251 e. The van der Waals surface area contributed by atoms with Gasteiger partial charge >= 0.3 is 0 Å². The summed E-state index contributed by atoms with van der Waals surface area (Å²) in [6.45, 7) is 0.103. The maximum Gasteiger partial charge on any atom is 0.251 e. The minimum absolute atomic E-state index is 0.0925. The Hall–Kier alpha value is -3.63. The number of hydrogen-bond donors (Lipinski definition) is 4. The molecule has 2 aromatic carbocycles. The fourth-order valence-electron chi connectivity index (χ4n) is 2.96. The van der Waals surface area contributed by atoms with Crippen LogP contribution in [0.3, 0.4) is 0 Å². The number of ether oxygens (including phenoxy) is 1. The Kier molecular flexibility index (Phi) is 7.29. The van der Waals surface area contributed by atoms with Crippen molar-refractivity contribution in [2.24, 2.45) is 0 Å². The normalized spacial score (nSPS) is 11.1. The average molecular weight is 457 g/mol. The Morgan fingerprint density at radius 2 is 1.84 bits per heavy atom. The predicted octanol–water partition coefficient (Wildman–Crippen LogP) is 2.00. The van der Waals surface area contributed by atoms with Gasteiger partial charge in [-0.25, -0.2) is 13.4 Å². The lowest BCUT2D eigenvalue weighted by Gasteiger charge is -2.13. The van der Waals surface area contributed by atoms with Gasteiger partial charge in [0.1, 0.15) is 6.61 Å². The summed E-state index contributed by atoms with van der Waals surface area (Å²) in [6, 6.07) is 15.5. The second kappa shape index (κ2) is 10.1. The molecule has 0 radical (unpaired) electrons. The van der Waals surface area contributed by atoms with E-state index in [4.69, 9.17) is 15.6 Å². The molecule has 0 aliphatic heterocycles. The van der Waals surface area contributed by atoms with Crippen molar-refractivity contribution >= 4 is 27.4 Å². The Labute approximate surface area is 186 Å². The van der Waals surface area contributed by atoms with Gasteiger partial charge in [-0.05, 0) is 29.8 Å². The van der Waals surface area contributed by atoms with E-state index in [-0.39, 0.29) is 31.5 Å². The second-order valence-electron chi connectivity index (χ2n) is 6.98. The number of anilines is 2. The van der Waals surface area contributed by atoms with Gasteiger partial charge in [-0.2, -0.15) is 0 Å². The number of nitrogen functional groups attached to an aromatic ring is 1. The molecule has 0 fully saturated rings. The van der Waals surface area contributed by atoms with E-state index in [2.05, 4.69) is 15.0 Å². The first kappa shape index (κ1) is 23.0. The van der Waals surface area contributed by atoms with E-state index < -0.39 is 10.0 Å². The first-order valence-corrected chi connectivity index (χ1v) is 11.6. The fourth-order valence-corrected chi connectivity index (χ4v) is 3.53. The number of amides is 1. The predicted molar refractivity (Wildman–Crippen MR) is 123 cm³/mol. The number of nitrogens with two attached hydrogens (primary N) is 1. The van der Waals surface area contributed by atoms with Gasteiger partial charge in [0.2, 0.25) is 10.0 Å². The molecule has 5 N–H and O–H groups in total. The second-order valence-corrected chi connectivity index (χ2v) is 8.73. The summed E-state index contributed by atoms with van der Waals surface area (Å²) in [6.07, 6.45) is 2.68. The van der Waals surface area contributed by atoms with Gasteiger partial charge < -0.3 is 20.9 Å². The lowest BCUT2D eigenvalue weighted by molar-refractivity contribution is 0.0942. The van der Waals surface area contributed by atoms with Gasteiger partial charge in [-0.3, -0.25) is 9.52 Å². The first-order valence-electron chi connectivity index (χ1n) is 9.70. The molecule has 10 heteroatoms. The third kappa shape index (κ3) is 6.19. The van der Waals surface area contributed by atoms with Crippen LogP contribution in [-0.4, -0.2) is 43.8 Å². The van der Waals surface area contributed by atoms with Gasteiger partial charge in [-0.15, -0.1) is 0 Å². The SMILES string of the molecule is CS(=O)(=O)Nc1ccc(-c2cnc(N)c(OCc3ccccc3C(=O)NCCO)c2)cc1. The molecule has 0 aliphatic carbocycles. The minimum Gasteiger partial charge on any atom is -0.485 e. The Morgan fingerprint density at radius 3 is 2.53 bits per heavy atom. The summed E-state index contributed by atoms with van der Waals surface area (Å²) in [7, 11) is -3.36. The summed E-state index contributed by atoms with van der Waals surface area (Å²) in [4.78, 5) is 16.5. The van der Waals surface area contributed by atoms with Crippen LogP contribution in [0, 0.1) is 0 Å². The molecule has 3 rings (SSSR count). The molecular formula is C22H24N4O5S. The van der Waals surface area contributed by atoms with Crippen LogP contribution in [0.2, 0.25) is 0 Å². The zero-order chi connectivity index (χ0) is 23.1. The largest absolute Gasteiger partial charge is 0.485 e. The fraction of sp³-hybridized carbons (Fsp3) is 0.182. The quantitative estimate of drug-likeness (QED) is 0.385. The van der Waals surface area contributed by atoms with E-state index in [1.165, 1.54) is 0 Å². The maximum absolute atomic E-state index is 12.3. The van der Waals surface area contributed by atoms with Crippen LogP contribution < -0.4 is 20.5 Å². The summed E-state index contributed by atoms with van der Waals surface area (Å²) in [5, 5.41) is 11.5. The number of pyridine rings is 1. The summed E-state index contributed by atoms with van der Waals surface area (Å²) in [5.74, 6) is 0.249. The van der Waals surface area contributed by atoms with Crippen LogP contribution in [0.1, 0.15) is 15.9 Å². The standard InChI is InChI=1S/C22H24N4O5S/c1-32(29,30)26-18-8-6-15(7-9-18)17-12-20(21(23)25-13-17)31-14-16-4-2-3-5-19(16)22(28)24-10-11-27/h2-9,12-13,26-27H,10-11,14H2,1H3,(H2,23,25)(H,24,28). The van der Waals surface area contributed by atoms with Crippen LogP contribution >= 0.6 is 0 Å². The van der Waals surface area contributed by atoms with Crippen molar-refractivity contribution in [2.45, 2.75) is 6.61 Å². The highest BCUT2D eigenvalue weighted by molar-refractivity contribution is 7.92. The van der Waals surface area contributed by atoms with Crippen LogP contribution in [0.25, 0.3) is 11.1 Å². The van der Waals surface area contributed by atoms with Gasteiger partial charge in [-0.1, -0.05) is 30.3 Å². The van der Waals surface area contributed by atoms with Gasteiger partial charge in [0.25, 0.3) is 5.91 Å². The molecule has 168 valence electrons. The molecule has 0 spiro atoms. The van der Waals surface area contributed by atoms with E-state index >= 15 is 0 Å². The molecule has 0 saturated carbocycles. The number of aliphatic hydroxyl groups is 1. The van der Waals surface area contributed by atoms with E-state index in [9.17, 15) is 13.2 Å². The summed E-state index contributed by atoms with van der Waals surface area (Å²) in [5.41, 5.74) is 9.05. The third-order valence-corrected chi connectivity index (χ3v) is 5.05. The van der Waals surface area contributed by atoms with Crippen molar-refractivity contribution in [3.05, 3.63) is 71.9 Å². The van der Waals surface area contributed by atoms with Gasteiger partial charge in [0.15, 0.2) is 11.6 Å². The Bertz CT molecular complexity index is 1200. The van der Waals surface area contributed by atoms with E-state index in [1.807, 2.05) is 0 Å². The van der Waals surface area contributed by atoms with E-state index in [0.29, 0.717) is 22.6 Å². The van der Waals surface area contributed by atoms with Crippen molar-refractivity contribution in [1.82, 2.24) is 10.3 Å². The highest BCUT2D eigenvalue weighted by Crippen LogP contribution is 2.29. The molecule has 0 bridgehead atoms.